The molecule has 84 valence electrons. The van der Waals surface area contributed by atoms with Crippen molar-refractivity contribution >= 4 is 12.4 Å². The van der Waals surface area contributed by atoms with Crippen LogP contribution in [0, 0.1) is 5.92 Å². The average Bonchev–Trinajstić information content (AvgIpc) is 2.06. The maximum atomic E-state index is 9.32. The van der Waals surface area contributed by atoms with Crippen LogP contribution < -0.4 is 5.73 Å². The molecule has 0 bridgehead atoms. The lowest BCUT2D eigenvalue weighted by molar-refractivity contribution is 0.264. The van der Waals surface area contributed by atoms with Crippen LogP contribution in [-0.2, 0) is 0 Å². The number of phenols is 2. The van der Waals surface area contributed by atoms with Crippen molar-refractivity contribution in [1.82, 2.24) is 0 Å². The van der Waals surface area contributed by atoms with Crippen LogP contribution in [0.25, 0.3) is 0 Å². The molecule has 15 heavy (non-hydrogen) atoms. The van der Waals surface area contributed by atoms with E-state index in [-0.39, 0.29) is 29.9 Å². The zero-order valence-corrected chi connectivity index (χ0v) is 9.20. The average molecular weight is 230 g/mol. The molecule has 1 fully saturated rings. The van der Waals surface area contributed by atoms with Crippen LogP contribution in [0.1, 0.15) is 30.9 Å². The molecule has 0 spiro atoms. The summed E-state index contributed by atoms with van der Waals surface area (Å²) in [5.74, 6) is 0.366. The highest BCUT2D eigenvalue weighted by Crippen LogP contribution is 2.38. The smallest absolute Gasteiger partial charge is 0.157 e. The van der Waals surface area contributed by atoms with E-state index in [1.807, 2.05) is 0 Å². The van der Waals surface area contributed by atoms with E-state index in [2.05, 4.69) is 0 Å². The standard InChI is InChI=1S/C11H15NO2.ClH/c12-11(7-2-1-3-7)8-4-5-9(13)10(14)6-8;/h4-7,11,13-14H,1-3,12H2;1H/t11-;/m1./s1. The molecule has 0 unspecified atom stereocenters. The Morgan fingerprint density at radius 3 is 2.33 bits per heavy atom. The molecular weight excluding hydrogens is 214 g/mol. The number of halogens is 1. The van der Waals surface area contributed by atoms with Gasteiger partial charge in [0.1, 0.15) is 0 Å². The van der Waals surface area contributed by atoms with Crippen molar-refractivity contribution in [1.29, 1.82) is 0 Å². The third-order valence-electron chi connectivity index (χ3n) is 3.04. The van der Waals surface area contributed by atoms with Gasteiger partial charge in [0, 0.05) is 6.04 Å². The van der Waals surface area contributed by atoms with E-state index in [1.54, 1.807) is 12.1 Å². The van der Waals surface area contributed by atoms with Crippen molar-refractivity contribution in [3.8, 4) is 11.5 Å². The molecular formula is C11H16ClNO2. The van der Waals surface area contributed by atoms with Gasteiger partial charge in [0.25, 0.3) is 0 Å². The highest BCUT2D eigenvalue weighted by Gasteiger charge is 2.25. The Morgan fingerprint density at radius 2 is 1.87 bits per heavy atom. The minimum Gasteiger partial charge on any atom is -0.504 e. The fourth-order valence-electron chi connectivity index (χ4n) is 1.82. The first kappa shape index (κ1) is 12.1. The maximum absolute atomic E-state index is 9.32. The summed E-state index contributed by atoms with van der Waals surface area (Å²) in [7, 11) is 0. The molecule has 1 aromatic rings. The van der Waals surface area contributed by atoms with Gasteiger partial charge in [0.05, 0.1) is 0 Å². The van der Waals surface area contributed by atoms with Crippen LogP contribution in [-0.4, -0.2) is 10.2 Å². The van der Waals surface area contributed by atoms with Gasteiger partial charge in [-0.15, -0.1) is 12.4 Å². The van der Waals surface area contributed by atoms with Crippen molar-refractivity contribution in [3.05, 3.63) is 23.8 Å². The molecule has 0 aromatic heterocycles. The number of nitrogens with two attached hydrogens (primary N) is 1. The maximum Gasteiger partial charge on any atom is 0.157 e. The molecule has 1 aliphatic carbocycles. The molecule has 4 heteroatoms. The zero-order valence-electron chi connectivity index (χ0n) is 8.39. The molecule has 1 aromatic carbocycles. The first-order valence-electron chi connectivity index (χ1n) is 4.96. The number of benzene rings is 1. The second-order valence-corrected chi connectivity index (χ2v) is 3.96. The molecule has 0 amide bonds. The largest absolute Gasteiger partial charge is 0.504 e. The van der Waals surface area contributed by atoms with E-state index in [4.69, 9.17) is 10.8 Å². The number of hydrogen-bond donors (Lipinski definition) is 3. The van der Waals surface area contributed by atoms with Crippen molar-refractivity contribution in [2.24, 2.45) is 11.7 Å². The molecule has 2 rings (SSSR count). The number of phenolic OH excluding ortho intramolecular Hbond substituents is 2. The van der Waals surface area contributed by atoms with Crippen LogP contribution in [0.15, 0.2) is 18.2 Å². The van der Waals surface area contributed by atoms with Gasteiger partial charge in [-0.05, 0) is 36.5 Å². The Bertz CT molecular complexity index is 339. The summed E-state index contributed by atoms with van der Waals surface area (Å²) in [6, 6.07) is 4.81. The second-order valence-electron chi connectivity index (χ2n) is 3.96. The highest BCUT2D eigenvalue weighted by molar-refractivity contribution is 5.85. The first-order chi connectivity index (χ1) is 6.68. The molecule has 0 heterocycles. The molecule has 0 saturated heterocycles. The van der Waals surface area contributed by atoms with Crippen LogP contribution in [0.4, 0.5) is 0 Å². The third-order valence-corrected chi connectivity index (χ3v) is 3.04. The first-order valence-corrected chi connectivity index (χ1v) is 4.96. The minimum absolute atomic E-state index is 0. The van der Waals surface area contributed by atoms with Gasteiger partial charge >= 0.3 is 0 Å². The quantitative estimate of drug-likeness (QED) is 0.682. The van der Waals surface area contributed by atoms with Gasteiger partial charge in [-0.3, -0.25) is 0 Å². The third kappa shape index (κ3) is 2.36. The Kier molecular flexibility index (Phi) is 3.83. The van der Waals surface area contributed by atoms with E-state index < -0.39 is 0 Å². The van der Waals surface area contributed by atoms with Crippen molar-refractivity contribution in [2.45, 2.75) is 25.3 Å². The monoisotopic (exact) mass is 229 g/mol. The van der Waals surface area contributed by atoms with Gasteiger partial charge in [-0.1, -0.05) is 12.5 Å². The van der Waals surface area contributed by atoms with E-state index >= 15 is 0 Å². The van der Waals surface area contributed by atoms with Gasteiger partial charge < -0.3 is 15.9 Å². The molecule has 0 aliphatic heterocycles. The van der Waals surface area contributed by atoms with E-state index in [9.17, 15) is 5.11 Å². The highest BCUT2D eigenvalue weighted by atomic mass is 35.5. The Labute approximate surface area is 95.3 Å². The summed E-state index contributed by atoms with van der Waals surface area (Å²) < 4.78 is 0. The van der Waals surface area contributed by atoms with Crippen LogP contribution in [0.5, 0.6) is 11.5 Å². The summed E-state index contributed by atoms with van der Waals surface area (Å²) in [6.07, 6.45) is 3.59. The lowest BCUT2D eigenvalue weighted by Crippen LogP contribution is -2.26. The number of aromatic hydroxyl groups is 2. The number of rotatable bonds is 2. The lowest BCUT2D eigenvalue weighted by atomic mass is 9.77. The summed E-state index contributed by atoms with van der Waals surface area (Å²) in [5, 5.41) is 18.5. The van der Waals surface area contributed by atoms with Crippen molar-refractivity contribution < 1.29 is 10.2 Å². The molecule has 4 N–H and O–H groups in total. The lowest BCUT2D eigenvalue weighted by Gasteiger charge is -2.31. The zero-order chi connectivity index (χ0) is 10.1. The molecule has 0 radical (unpaired) electrons. The van der Waals surface area contributed by atoms with Crippen LogP contribution in [0.2, 0.25) is 0 Å². The summed E-state index contributed by atoms with van der Waals surface area (Å²) in [5.41, 5.74) is 6.93. The Morgan fingerprint density at radius 1 is 1.20 bits per heavy atom. The van der Waals surface area contributed by atoms with Gasteiger partial charge in [-0.2, -0.15) is 0 Å². The molecule has 1 aliphatic rings. The van der Waals surface area contributed by atoms with Crippen molar-refractivity contribution in [2.75, 3.05) is 0 Å². The van der Waals surface area contributed by atoms with Crippen molar-refractivity contribution in [3.63, 3.8) is 0 Å². The normalized spacial score (nSPS) is 17.7. The topological polar surface area (TPSA) is 66.5 Å². The summed E-state index contributed by atoms with van der Waals surface area (Å²) in [4.78, 5) is 0. The fourth-order valence-corrected chi connectivity index (χ4v) is 1.82. The Balaban J connectivity index is 0.00000112. The van der Waals surface area contributed by atoms with Gasteiger partial charge in [0.2, 0.25) is 0 Å². The number of hydrogen-bond acceptors (Lipinski definition) is 3. The second kappa shape index (κ2) is 4.73. The van der Waals surface area contributed by atoms with E-state index in [1.165, 1.54) is 25.3 Å². The summed E-state index contributed by atoms with van der Waals surface area (Å²) >= 11 is 0. The molecule has 3 nitrogen and oxygen atoms in total. The van der Waals surface area contributed by atoms with Crippen LogP contribution in [0.3, 0.4) is 0 Å². The SMILES string of the molecule is Cl.N[C@@H](c1ccc(O)c(O)c1)C1CCC1. The van der Waals surface area contributed by atoms with Gasteiger partial charge in [-0.25, -0.2) is 0 Å². The Hall–Kier alpha value is -0.930. The summed E-state index contributed by atoms with van der Waals surface area (Å²) in [6.45, 7) is 0. The predicted octanol–water partition coefficient (Wildman–Crippen LogP) is 2.32. The van der Waals surface area contributed by atoms with E-state index in [0.717, 1.165) is 5.56 Å². The molecule has 1 saturated carbocycles. The predicted molar refractivity (Wildman–Crippen MR) is 61.3 cm³/mol. The van der Waals surface area contributed by atoms with E-state index in [0.29, 0.717) is 5.92 Å². The molecule has 1 atom stereocenters. The fraction of sp³-hybridized carbons (Fsp3) is 0.455. The van der Waals surface area contributed by atoms with Crippen LogP contribution >= 0.6 is 12.4 Å². The van der Waals surface area contributed by atoms with Gasteiger partial charge in [0.15, 0.2) is 11.5 Å². The minimum atomic E-state index is -0.0884.